The van der Waals surface area contributed by atoms with Crippen LogP contribution in [0.25, 0.3) is 0 Å². The van der Waals surface area contributed by atoms with Crippen molar-refractivity contribution in [1.29, 1.82) is 0 Å². The van der Waals surface area contributed by atoms with E-state index in [4.69, 9.17) is 4.74 Å². The van der Waals surface area contributed by atoms with E-state index in [1.807, 2.05) is 35.2 Å². The van der Waals surface area contributed by atoms with Gasteiger partial charge in [0.25, 0.3) is 5.91 Å². The van der Waals surface area contributed by atoms with Crippen molar-refractivity contribution < 1.29 is 14.3 Å². The second-order valence-corrected chi connectivity index (χ2v) is 9.12. The van der Waals surface area contributed by atoms with Crippen LogP contribution in [0.1, 0.15) is 41.6 Å². The average molecular weight is 425 g/mol. The number of aryl methyl sites for hydroxylation is 1. The van der Waals surface area contributed by atoms with E-state index >= 15 is 0 Å². The third-order valence-electron chi connectivity index (χ3n) is 5.99. The van der Waals surface area contributed by atoms with Crippen LogP contribution in [0.4, 0.5) is 5.69 Å². The minimum absolute atomic E-state index is 0.0172. The number of hydrogen-bond donors (Lipinski definition) is 1. The Bertz CT molecular complexity index is 905. The van der Waals surface area contributed by atoms with E-state index in [1.54, 1.807) is 18.9 Å². The summed E-state index contributed by atoms with van der Waals surface area (Å²) >= 11 is 1.66. The zero-order valence-corrected chi connectivity index (χ0v) is 18.2. The molecule has 158 valence electrons. The number of benzene rings is 2. The van der Waals surface area contributed by atoms with Crippen LogP contribution in [-0.2, 0) is 11.2 Å². The molecule has 5 nitrogen and oxygen atoms in total. The molecule has 1 saturated heterocycles. The number of thioether (sulfide) groups is 1. The first-order chi connectivity index (χ1) is 14.6. The van der Waals surface area contributed by atoms with Crippen LogP contribution in [0, 0.1) is 5.92 Å². The zero-order valence-electron chi connectivity index (χ0n) is 17.4. The molecular formula is C24H28N2O3S. The van der Waals surface area contributed by atoms with Crippen molar-refractivity contribution in [3.05, 3.63) is 53.6 Å². The van der Waals surface area contributed by atoms with Gasteiger partial charge in [0.05, 0.1) is 12.8 Å². The molecule has 1 fully saturated rings. The zero-order chi connectivity index (χ0) is 20.9. The number of rotatable bonds is 5. The molecule has 2 aliphatic rings. The molecule has 0 aromatic heterocycles. The van der Waals surface area contributed by atoms with E-state index in [0.717, 1.165) is 60.9 Å². The number of carbonyl (C=O) groups excluding carboxylic acids is 2. The maximum absolute atomic E-state index is 13.0. The third kappa shape index (κ3) is 4.98. The lowest BCUT2D eigenvalue weighted by Gasteiger charge is -2.32. The predicted octanol–water partition coefficient (Wildman–Crippen LogP) is 4.61. The van der Waals surface area contributed by atoms with Crippen LogP contribution >= 0.6 is 11.8 Å². The van der Waals surface area contributed by atoms with E-state index < -0.39 is 0 Å². The van der Waals surface area contributed by atoms with Gasteiger partial charge in [0.2, 0.25) is 5.91 Å². The summed E-state index contributed by atoms with van der Waals surface area (Å²) in [4.78, 5) is 27.8. The molecule has 0 atom stereocenters. The quantitative estimate of drug-likeness (QED) is 0.761. The fraction of sp³-hybridized carbons (Fsp3) is 0.417. The van der Waals surface area contributed by atoms with Gasteiger partial charge in [0.15, 0.2) is 0 Å². The molecule has 2 aliphatic heterocycles. The molecule has 6 heteroatoms. The summed E-state index contributed by atoms with van der Waals surface area (Å²) in [6, 6.07) is 14.0. The van der Waals surface area contributed by atoms with Gasteiger partial charge < -0.3 is 15.0 Å². The van der Waals surface area contributed by atoms with Crippen molar-refractivity contribution in [3.8, 4) is 5.75 Å². The molecule has 2 aromatic carbocycles. The lowest BCUT2D eigenvalue weighted by Crippen LogP contribution is -2.38. The third-order valence-corrected chi connectivity index (χ3v) is 7.06. The van der Waals surface area contributed by atoms with Gasteiger partial charge in [-0.2, -0.15) is 0 Å². The van der Waals surface area contributed by atoms with Gasteiger partial charge in [-0.25, -0.2) is 0 Å². The number of piperidine rings is 1. The first-order valence-electron chi connectivity index (χ1n) is 10.6. The normalized spacial score (nSPS) is 17.1. The minimum atomic E-state index is 0.0172. The molecule has 30 heavy (non-hydrogen) atoms. The Kier molecular flexibility index (Phi) is 6.62. The van der Waals surface area contributed by atoms with E-state index in [0.29, 0.717) is 17.9 Å². The number of likely N-dealkylation sites (tertiary alicyclic amines) is 1. The Balaban J connectivity index is 1.30. The van der Waals surface area contributed by atoms with Crippen LogP contribution < -0.4 is 10.1 Å². The SMILES string of the molecule is COc1ccc(CCC2CCN(C(=O)c3ccc4c(c3)NC(=O)CCS4)CC2)cc1. The summed E-state index contributed by atoms with van der Waals surface area (Å²) in [7, 11) is 1.69. The average Bonchev–Trinajstić information content (AvgIpc) is 2.97. The maximum Gasteiger partial charge on any atom is 0.253 e. The van der Waals surface area contributed by atoms with E-state index in [-0.39, 0.29) is 11.8 Å². The number of amides is 2. The van der Waals surface area contributed by atoms with E-state index in [2.05, 4.69) is 17.4 Å². The van der Waals surface area contributed by atoms with Crippen molar-refractivity contribution in [3.63, 3.8) is 0 Å². The van der Waals surface area contributed by atoms with Gasteiger partial charge in [0.1, 0.15) is 5.75 Å². The van der Waals surface area contributed by atoms with Crippen molar-refractivity contribution in [1.82, 2.24) is 4.90 Å². The molecule has 0 spiro atoms. The van der Waals surface area contributed by atoms with Gasteiger partial charge in [0, 0.05) is 35.7 Å². The number of fused-ring (bicyclic) bond motifs is 1. The monoisotopic (exact) mass is 424 g/mol. The van der Waals surface area contributed by atoms with Gasteiger partial charge in [-0.15, -0.1) is 11.8 Å². The number of nitrogens with one attached hydrogen (secondary N) is 1. The van der Waals surface area contributed by atoms with E-state index in [1.165, 1.54) is 5.56 Å². The summed E-state index contributed by atoms with van der Waals surface area (Å²) in [6.07, 6.45) is 4.80. The maximum atomic E-state index is 13.0. The Morgan fingerprint density at radius 3 is 2.67 bits per heavy atom. The highest BCUT2D eigenvalue weighted by atomic mass is 32.2. The number of ether oxygens (including phenoxy) is 1. The molecule has 0 radical (unpaired) electrons. The van der Waals surface area contributed by atoms with E-state index in [9.17, 15) is 9.59 Å². The highest BCUT2D eigenvalue weighted by Crippen LogP contribution is 2.32. The second kappa shape index (κ2) is 9.56. The Hall–Kier alpha value is -2.47. The summed E-state index contributed by atoms with van der Waals surface area (Å²) in [5.41, 5.74) is 2.76. The number of carbonyl (C=O) groups is 2. The first kappa shape index (κ1) is 20.8. The summed E-state index contributed by atoms with van der Waals surface area (Å²) in [5, 5.41) is 2.93. The second-order valence-electron chi connectivity index (χ2n) is 7.98. The molecule has 2 amide bonds. The lowest BCUT2D eigenvalue weighted by molar-refractivity contribution is -0.115. The largest absolute Gasteiger partial charge is 0.497 e. The highest BCUT2D eigenvalue weighted by molar-refractivity contribution is 7.99. The molecule has 2 heterocycles. The molecule has 1 N–H and O–H groups in total. The Labute approximate surface area is 182 Å². The molecule has 0 aliphatic carbocycles. The summed E-state index contributed by atoms with van der Waals surface area (Å²) in [5.74, 6) is 2.40. The van der Waals surface area contributed by atoms with Gasteiger partial charge >= 0.3 is 0 Å². The summed E-state index contributed by atoms with van der Waals surface area (Å²) in [6.45, 7) is 1.59. The first-order valence-corrected chi connectivity index (χ1v) is 11.6. The molecular weight excluding hydrogens is 396 g/mol. The van der Waals surface area contributed by atoms with Crippen LogP contribution in [0.3, 0.4) is 0 Å². The smallest absolute Gasteiger partial charge is 0.253 e. The Morgan fingerprint density at radius 1 is 1.17 bits per heavy atom. The number of anilines is 1. The Morgan fingerprint density at radius 2 is 1.93 bits per heavy atom. The van der Waals surface area contributed by atoms with Crippen LogP contribution in [0.15, 0.2) is 47.4 Å². The highest BCUT2D eigenvalue weighted by Gasteiger charge is 2.24. The van der Waals surface area contributed by atoms with Crippen LogP contribution in [-0.4, -0.2) is 42.7 Å². The van der Waals surface area contributed by atoms with Gasteiger partial charge in [-0.1, -0.05) is 12.1 Å². The standard InChI is InChI=1S/C24H28N2O3S/c1-29-20-7-4-17(5-8-20)2-3-18-10-13-26(14-11-18)24(28)19-6-9-22-21(16-19)25-23(27)12-15-30-22/h4-9,16,18H,2-3,10-15H2,1H3,(H,25,27). The number of nitrogens with zero attached hydrogens (tertiary/aromatic N) is 1. The molecule has 0 unspecified atom stereocenters. The predicted molar refractivity (Wildman–Crippen MR) is 120 cm³/mol. The minimum Gasteiger partial charge on any atom is -0.497 e. The molecule has 4 rings (SSSR count). The topological polar surface area (TPSA) is 58.6 Å². The number of methoxy groups -OCH3 is 1. The van der Waals surface area contributed by atoms with Gasteiger partial charge in [-0.3, -0.25) is 9.59 Å². The fourth-order valence-corrected chi connectivity index (χ4v) is 5.06. The van der Waals surface area contributed by atoms with Crippen LogP contribution in [0.5, 0.6) is 5.75 Å². The van der Waals surface area contributed by atoms with Crippen LogP contribution in [0.2, 0.25) is 0 Å². The van der Waals surface area contributed by atoms with Crippen molar-refractivity contribution in [2.75, 3.05) is 31.3 Å². The fourth-order valence-electron chi connectivity index (χ4n) is 4.12. The number of hydrogen-bond acceptors (Lipinski definition) is 4. The molecule has 0 bridgehead atoms. The van der Waals surface area contributed by atoms with Gasteiger partial charge in [-0.05, 0) is 67.5 Å². The summed E-state index contributed by atoms with van der Waals surface area (Å²) < 4.78 is 5.22. The lowest BCUT2D eigenvalue weighted by atomic mass is 9.90. The molecule has 2 aromatic rings. The van der Waals surface area contributed by atoms with Crippen molar-refractivity contribution >= 4 is 29.3 Å². The van der Waals surface area contributed by atoms with Crippen molar-refractivity contribution in [2.45, 2.75) is 37.0 Å². The molecule has 0 saturated carbocycles. The van der Waals surface area contributed by atoms with Crippen molar-refractivity contribution in [2.24, 2.45) is 5.92 Å².